The quantitative estimate of drug-likeness (QED) is 0.339. The van der Waals surface area contributed by atoms with E-state index in [1.165, 1.54) is 28.7 Å². The smallest absolute Gasteiger partial charge is 0.263 e. The second-order valence-corrected chi connectivity index (χ2v) is 9.26. The summed E-state index contributed by atoms with van der Waals surface area (Å²) in [6, 6.07) is 8.03. The maximum atomic E-state index is 13.2. The Morgan fingerprint density at radius 2 is 2.17 bits per heavy atom. The van der Waals surface area contributed by atoms with E-state index >= 15 is 0 Å². The van der Waals surface area contributed by atoms with E-state index < -0.39 is 0 Å². The Hall–Kier alpha value is -2.38. The van der Waals surface area contributed by atoms with Gasteiger partial charge in [0, 0.05) is 18.8 Å². The van der Waals surface area contributed by atoms with Gasteiger partial charge >= 0.3 is 0 Å². The van der Waals surface area contributed by atoms with Gasteiger partial charge in [0.05, 0.1) is 11.1 Å². The number of fused-ring (bicyclic) bond motifs is 2. The van der Waals surface area contributed by atoms with Gasteiger partial charge in [-0.15, -0.1) is 17.9 Å². The van der Waals surface area contributed by atoms with Crippen LogP contribution in [0.1, 0.15) is 29.9 Å². The Kier molecular flexibility index (Phi) is 4.80. The van der Waals surface area contributed by atoms with Crippen LogP contribution in [0.5, 0.6) is 0 Å². The minimum Gasteiger partial charge on any atom is -0.311 e. The zero-order valence-electron chi connectivity index (χ0n) is 16.0. The minimum atomic E-state index is -0.0143. The first-order valence-corrected chi connectivity index (χ1v) is 11.7. The van der Waals surface area contributed by atoms with Gasteiger partial charge in [-0.3, -0.25) is 14.2 Å². The lowest BCUT2D eigenvalue weighted by Gasteiger charge is -2.17. The van der Waals surface area contributed by atoms with Gasteiger partial charge in [-0.2, -0.15) is 0 Å². The molecule has 1 aliphatic heterocycles. The van der Waals surface area contributed by atoms with Crippen LogP contribution >= 0.6 is 23.1 Å². The second kappa shape index (κ2) is 7.46. The molecule has 5 nitrogen and oxygen atoms in total. The molecule has 2 aromatic heterocycles. The number of para-hydroxylation sites is 1. The highest BCUT2D eigenvalue weighted by Gasteiger charge is 2.29. The molecule has 1 amide bonds. The molecule has 0 N–H and O–H groups in total. The molecular formula is C22H21N3O2S2. The topological polar surface area (TPSA) is 55.2 Å². The average Bonchev–Trinajstić information content (AvgIpc) is 3.34. The van der Waals surface area contributed by atoms with Crippen LogP contribution < -0.4 is 10.5 Å². The number of benzene rings is 1. The van der Waals surface area contributed by atoms with Crippen LogP contribution in [0.4, 0.5) is 5.69 Å². The number of aromatic nitrogens is 2. The molecule has 5 rings (SSSR count). The van der Waals surface area contributed by atoms with E-state index in [4.69, 9.17) is 4.98 Å². The number of carbonyl (C=O) groups is 1. The van der Waals surface area contributed by atoms with Crippen LogP contribution in [0.2, 0.25) is 0 Å². The van der Waals surface area contributed by atoms with E-state index in [2.05, 4.69) is 18.0 Å². The van der Waals surface area contributed by atoms with Crippen molar-refractivity contribution < 1.29 is 4.79 Å². The third kappa shape index (κ3) is 3.32. The van der Waals surface area contributed by atoms with E-state index in [1.54, 1.807) is 10.6 Å². The lowest BCUT2D eigenvalue weighted by molar-refractivity contribution is -0.116. The number of anilines is 1. The molecule has 1 aromatic carbocycles. The third-order valence-corrected chi connectivity index (χ3v) is 7.38. The Bertz CT molecular complexity index is 1180. The summed E-state index contributed by atoms with van der Waals surface area (Å²) in [7, 11) is 0. The zero-order valence-corrected chi connectivity index (χ0v) is 17.6. The molecule has 0 spiro atoms. The Morgan fingerprint density at radius 1 is 1.34 bits per heavy atom. The highest BCUT2D eigenvalue weighted by Crippen LogP contribution is 2.44. The van der Waals surface area contributed by atoms with Gasteiger partial charge < -0.3 is 4.90 Å². The molecule has 0 radical (unpaired) electrons. The van der Waals surface area contributed by atoms with Gasteiger partial charge in [0.1, 0.15) is 4.83 Å². The first kappa shape index (κ1) is 18.6. The Balaban J connectivity index is 1.43. The third-order valence-electron chi connectivity index (χ3n) is 5.53. The predicted molar refractivity (Wildman–Crippen MR) is 119 cm³/mol. The van der Waals surface area contributed by atoms with Gasteiger partial charge in [0.25, 0.3) is 5.56 Å². The van der Waals surface area contributed by atoms with Crippen molar-refractivity contribution in [2.45, 2.75) is 36.9 Å². The molecule has 0 atom stereocenters. The molecule has 0 bridgehead atoms. The monoisotopic (exact) mass is 423 g/mol. The van der Waals surface area contributed by atoms with Gasteiger partial charge in [0.15, 0.2) is 5.16 Å². The molecule has 29 heavy (non-hydrogen) atoms. The second-order valence-electron chi connectivity index (χ2n) is 7.46. The molecule has 0 saturated heterocycles. The standard InChI is InChI=1S/C22H21N3O2S2/c1-2-10-25-21(27)19-16(14-7-8-14)12-28-20(19)23-22(25)29-13-18(26)24-11-9-15-5-3-4-6-17(15)24/h2-6,12,14H,1,7-11,13H2. The number of hydrogen-bond donors (Lipinski definition) is 0. The summed E-state index contributed by atoms with van der Waals surface area (Å²) < 4.78 is 1.66. The highest BCUT2D eigenvalue weighted by molar-refractivity contribution is 7.99. The maximum absolute atomic E-state index is 13.2. The van der Waals surface area contributed by atoms with Crippen molar-refractivity contribution in [1.29, 1.82) is 0 Å². The van der Waals surface area contributed by atoms with Gasteiger partial charge in [-0.25, -0.2) is 4.98 Å². The van der Waals surface area contributed by atoms with E-state index in [0.29, 0.717) is 24.2 Å². The molecule has 1 saturated carbocycles. The fourth-order valence-electron chi connectivity index (χ4n) is 3.92. The summed E-state index contributed by atoms with van der Waals surface area (Å²) in [6.45, 7) is 4.89. The molecule has 1 fully saturated rings. The summed E-state index contributed by atoms with van der Waals surface area (Å²) in [5.41, 5.74) is 3.33. The van der Waals surface area contributed by atoms with Gasteiger partial charge in [-0.05, 0) is 47.8 Å². The van der Waals surface area contributed by atoms with Crippen molar-refractivity contribution in [2.24, 2.45) is 0 Å². The number of thiophene rings is 1. The number of allylic oxidation sites excluding steroid dienone is 1. The lowest BCUT2D eigenvalue weighted by atomic mass is 10.1. The van der Waals surface area contributed by atoms with Crippen LogP contribution in [-0.2, 0) is 17.8 Å². The van der Waals surface area contributed by atoms with Crippen LogP contribution in [0, 0.1) is 0 Å². The Morgan fingerprint density at radius 3 is 2.97 bits per heavy atom. The highest BCUT2D eigenvalue weighted by atomic mass is 32.2. The number of nitrogens with zero attached hydrogens (tertiary/aromatic N) is 3. The first-order valence-electron chi connectivity index (χ1n) is 9.81. The maximum Gasteiger partial charge on any atom is 0.263 e. The summed E-state index contributed by atoms with van der Waals surface area (Å²) >= 11 is 2.87. The number of thioether (sulfide) groups is 1. The van der Waals surface area contributed by atoms with Crippen LogP contribution in [0.15, 0.2) is 52.3 Å². The first-order chi connectivity index (χ1) is 14.2. The number of rotatable bonds is 6. The molecule has 1 aliphatic carbocycles. The van der Waals surface area contributed by atoms with E-state index in [-0.39, 0.29) is 17.2 Å². The van der Waals surface area contributed by atoms with E-state index in [1.807, 2.05) is 23.1 Å². The molecule has 148 valence electrons. The van der Waals surface area contributed by atoms with Crippen molar-refractivity contribution in [2.75, 3.05) is 17.2 Å². The predicted octanol–water partition coefficient (Wildman–Crippen LogP) is 4.20. The van der Waals surface area contributed by atoms with Crippen molar-refractivity contribution in [3.63, 3.8) is 0 Å². The van der Waals surface area contributed by atoms with Crippen LogP contribution in [-0.4, -0.2) is 27.8 Å². The average molecular weight is 424 g/mol. The van der Waals surface area contributed by atoms with Crippen LogP contribution in [0.3, 0.4) is 0 Å². The molecular weight excluding hydrogens is 402 g/mol. The fraction of sp³-hybridized carbons (Fsp3) is 0.318. The van der Waals surface area contributed by atoms with Crippen molar-refractivity contribution >= 4 is 44.9 Å². The normalized spacial score (nSPS) is 15.7. The van der Waals surface area contributed by atoms with Gasteiger partial charge in [-0.1, -0.05) is 36.0 Å². The minimum absolute atomic E-state index is 0.0143. The zero-order chi connectivity index (χ0) is 20.0. The van der Waals surface area contributed by atoms with E-state index in [9.17, 15) is 9.59 Å². The molecule has 3 heterocycles. The number of carbonyl (C=O) groups excluding carboxylic acids is 1. The van der Waals surface area contributed by atoms with Crippen molar-refractivity contribution in [1.82, 2.24) is 9.55 Å². The largest absolute Gasteiger partial charge is 0.311 e. The molecule has 7 heteroatoms. The summed E-state index contributed by atoms with van der Waals surface area (Å²) in [6.07, 6.45) is 4.89. The summed E-state index contributed by atoms with van der Waals surface area (Å²) in [4.78, 5) is 33.4. The van der Waals surface area contributed by atoms with Gasteiger partial charge in [0.2, 0.25) is 5.91 Å². The molecule has 2 aliphatic rings. The summed E-state index contributed by atoms with van der Waals surface area (Å²) in [5, 5.41) is 3.42. The van der Waals surface area contributed by atoms with Crippen molar-refractivity contribution in [3.05, 3.63) is 63.8 Å². The SMILES string of the molecule is C=CCn1c(SCC(=O)N2CCc3ccccc32)nc2scc(C3CC3)c2c1=O. The lowest BCUT2D eigenvalue weighted by Crippen LogP contribution is -2.31. The molecule has 0 unspecified atom stereocenters. The fourth-order valence-corrected chi connectivity index (χ4v) is 5.87. The molecule has 3 aromatic rings. The van der Waals surface area contributed by atoms with Crippen molar-refractivity contribution in [3.8, 4) is 0 Å². The Labute approximate surface area is 177 Å². The summed E-state index contributed by atoms with van der Waals surface area (Å²) in [5.74, 6) is 0.805. The van der Waals surface area contributed by atoms with E-state index in [0.717, 1.165) is 40.7 Å². The number of hydrogen-bond acceptors (Lipinski definition) is 5. The van der Waals surface area contributed by atoms with Crippen LogP contribution in [0.25, 0.3) is 10.2 Å². The number of amides is 1.